The molecule has 6 heteroatoms. The molecule has 2 amide bonds. The van der Waals surface area contributed by atoms with Crippen LogP contribution in [0.3, 0.4) is 0 Å². The van der Waals surface area contributed by atoms with Gasteiger partial charge in [-0.05, 0) is 61.6 Å². The molecule has 1 aromatic carbocycles. The summed E-state index contributed by atoms with van der Waals surface area (Å²) < 4.78 is 0. The Kier molecular flexibility index (Phi) is 6.68. The molecule has 3 rings (SSSR count). The minimum absolute atomic E-state index is 0.0355. The van der Waals surface area contributed by atoms with Crippen LogP contribution in [0.15, 0.2) is 36.4 Å². The SMILES string of the molecule is CC(=O)NCC(=O)N1CCCC(c2cc(Cc3cccc(Cl)c3)cc(C)n2)C1. The molecule has 1 aliphatic heterocycles. The first-order chi connectivity index (χ1) is 13.4. The molecular weight excluding hydrogens is 374 g/mol. The molecule has 0 spiro atoms. The number of amides is 2. The molecule has 1 aliphatic rings. The summed E-state index contributed by atoms with van der Waals surface area (Å²) >= 11 is 6.11. The number of nitrogens with zero attached hydrogens (tertiary/aromatic N) is 2. The number of pyridine rings is 1. The second-order valence-corrected chi connectivity index (χ2v) is 7.87. The molecule has 1 N–H and O–H groups in total. The summed E-state index contributed by atoms with van der Waals surface area (Å²) in [5, 5.41) is 3.33. The lowest BCUT2D eigenvalue weighted by Gasteiger charge is -2.33. The number of rotatable bonds is 5. The summed E-state index contributed by atoms with van der Waals surface area (Å²) in [7, 11) is 0. The molecule has 28 heavy (non-hydrogen) atoms. The zero-order chi connectivity index (χ0) is 20.1. The Bertz CT molecular complexity index is 869. The van der Waals surface area contributed by atoms with Crippen LogP contribution in [-0.2, 0) is 16.0 Å². The maximum Gasteiger partial charge on any atom is 0.241 e. The number of halogens is 1. The Morgan fingerprint density at radius 2 is 2.07 bits per heavy atom. The molecule has 2 heterocycles. The maximum atomic E-state index is 12.4. The lowest BCUT2D eigenvalue weighted by atomic mass is 9.92. The van der Waals surface area contributed by atoms with E-state index in [4.69, 9.17) is 16.6 Å². The minimum atomic E-state index is -0.187. The van der Waals surface area contributed by atoms with E-state index < -0.39 is 0 Å². The first-order valence-electron chi connectivity index (χ1n) is 9.65. The Morgan fingerprint density at radius 3 is 2.82 bits per heavy atom. The van der Waals surface area contributed by atoms with Crippen molar-refractivity contribution in [3.05, 3.63) is 63.9 Å². The van der Waals surface area contributed by atoms with Crippen LogP contribution in [0, 0.1) is 6.92 Å². The molecule has 5 nitrogen and oxygen atoms in total. The largest absolute Gasteiger partial charge is 0.347 e. The lowest BCUT2D eigenvalue weighted by molar-refractivity contribution is -0.133. The van der Waals surface area contributed by atoms with E-state index in [2.05, 4.69) is 23.5 Å². The van der Waals surface area contributed by atoms with Crippen LogP contribution in [-0.4, -0.2) is 41.3 Å². The average Bonchev–Trinajstić information content (AvgIpc) is 2.65. The van der Waals surface area contributed by atoms with Gasteiger partial charge in [0, 0.05) is 42.3 Å². The quantitative estimate of drug-likeness (QED) is 0.837. The number of carbonyl (C=O) groups is 2. The molecule has 148 valence electrons. The number of aryl methyl sites for hydroxylation is 1. The Balaban J connectivity index is 1.72. The fourth-order valence-corrected chi connectivity index (χ4v) is 3.93. The third kappa shape index (κ3) is 5.55. The van der Waals surface area contributed by atoms with Crippen LogP contribution >= 0.6 is 11.6 Å². The first-order valence-corrected chi connectivity index (χ1v) is 10.0. The van der Waals surface area contributed by atoms with Crippen molar-refractivity contribution in [2.45, 2.75) is 39.0 Å². The number of aromatic nitrogens is 1. The van der Waals surface area contributed by atoms with Gasteiger partial charge in [0.1, 0.15) is 0 Å². The summed E-state index contributed by atoms with van der Waals surface area (Å²) in [5.74, 6) is -0.00680. The second kappa shape index (κ2) is 9.20. The van der Waals surface area contributed by atoms with E-state index in [-0.39, 0.29) is 24.3 Å². The van der Waals surface area contributed by atoms with Gasteiger partial charge < -0.3 is 10.2 Å². The number of piperidine rings is 1. The molecular formula is C22H26ClN3O2. The molecule has 0 aliphatic carbocycles. The Morgan fingerprint density at radius 1 is 1.25 bits per heavy atom. The number of carbonyl (C=O) groups excluding carboxylic acids is 2. The highest BCUT2D eigenvalue weighted by Crippen LogP contribution is 2.27. The highest BCUT2D eigenvalue weighted by atomic mass is 35.5. The number of benzene rings is 1. The van der Waals surface area contributed by atoms with Crippen LogP contribution < -0.4 is 5.32 Å². The Hall–Kier alpha value is -2.40. The van der Waals surface area contributed by atoms with Crippen molar-refractivity contribution in [2.24, 2.45) is 0 Å². The van der Waals surface area contributed by atoms with Crippen molar-refractivity contribution in [3.8, 4) is 0 Å². The Labute approximate surface area is 171 Å². The van der Waals surface area contributed by atoms with Crippen molar-refractivity contribution >= 4 is 23.4 Å². The summed E-state index contributed by atoms with van der Waals surface area (Å²) in [5.41, 5.74) is 4.39. The third-order valence-electron chi connectivity index (χ3n) is 5.01. The molecule has 0 radical (unpaired) electrons. The van der Waals surface area contributed by atoms with Gasteiger partial charge in [-0.15, -0.1) is 0 Å². The average molecular weight is 400 g/mol. The monoisotopic (exact) mass is 399 g/mol. The van der Waals surface area contributed by atoms with Crippen LogP contribution in [0.25, 0.3) is 0 Å². The predicted octanol–water partition coefficient (Wildman–Crippen LogP) is 3.48. The fourth-order valence-electron chi connectivity index (χ4n) is 3.72. The van der Waals surface area contributed by atoms with Crippen molar-refractivity contribution < 1.29 is 9.59 Å². The van der Waals surface area contributed by atoms with Crippen molar-refractivity contribution in [1.29, 1.82) is 0 Å². The maximum absolute atomic E-state index is 12.4. The van der Waals surface area contributed by atoms with E-state index in [0.29, 0.717) is 6.54 Å². The van der Waals surface area contributed by atoms with Crippen molar-refractivity contribution in [3.63, 3.8) is 0 Å². The van der Waals surface area contributed by atoms with Crippen LogP contribution in [0.5, 0.6) is 0 Å². The number of hydrogen-bond acceptors (Lipinski definition) is 3. The highest BCUT2D eigenvalue weighted by molar-refractivity contribution is 6.30. The van der Waals surface area contributed by atoms with E-state index in [1.165, 1.54) is 18.1 Å². The van der Waals surface area contributed by atoms with Gasteiger partial charge in [-0.2, -0.15) is 0 Å². The molecule has 0 bridgehead atoms. The zero-order valence-corrected chi connectivity index (χ0v) is 17.1. The van der Waals surface area contributed by atoms with E-state index in [1.807, 2.05) is 30.0 Å². The van der Waals surface area contributed by atoms with Crippen molar-refractivity contribution in [1.82, 2.24) is 15.2 Å². The normalized spacial score (nSPS) is 16.7. The molecule has 2 aromatic rings. The summed E-state index contributed by atoms with van der Waals surface area (Å²) in [6, 6.07) is 12.2. The molecule has 0 saturated carbocycles. The fraction of sp³-hybridized carbons (Fsp3) is 0.409. The smallest absolute Gasteiger partial charge is 0.241 e. The van der Waals surface area contributed by atoms with Gasteiger partial charge in [0.2, 0.25) is 11.8 Å². The van der Waals surface area contributed by atoms with E-state index in [0.717, 1.165) is 42.2 Å². The summed E-state index contributed by atoms with van der Waals surface area (Å²) in [6.45, 7) is 4.86. The van der Waals surface area contributed by atoms with Crippen LogP contribution in [0.1, 0.15) is 48.2 Å². The summed E-state index contributed by atoms with van der Waals surface area (Å²) in [6.07, 6.45) is 2.75. The first kappa shape index (κ1) is 20.3. The van der Waals surface area contributed by atoms with Crippen molar-refractivity contribution in [2.75, 3.05) is 19.6 Å². The van der Waals surface area contributed by atoms with Crippen LogP contribution in [0.4, 0.5) is 0 Å². The van der Waals surface area contributed by atoms with E-state index >= 15 is 0 Å². The second-order valence-electron chi connectivity index (χ2n) is 7.44. The van der Waals surface area contributed by atoms with Gasteiger partial charge in [0.05, 0.1) is 6.54 Å². The zero-order valence-electron chi connectivity index (χ0n) is 16.4. The molecule has 1 unspecified atom stereocenters. The van der Waals surface area contributed by atoms with Gasteiger partial charge in [0.15, 0.2) is 0 Å². The lowest BCUT2D eigenvalue weighted by Crippen LogP contribution is -2.44. The molecule has 1 aromatic heterocycles. The standard InChI is InChI=1S/C22H26ClN3O2/c1-15-9-18(10-17-5-3-7-20(23)11-17)12-21(25-15)19-6-4-8-26(14-19)22(28)13-24-16(2)27/h3,5,7,9,11-12,19H,4,6,8,10,13-14H2,1-2H3,(H,24,27). The number of hydrogen-bond donors (Lipinski definition) is 1. The highest BCUT2D eigenvalue weighted by Gasteiger charge is 2.26. The van der Waals surface area contributed by atoms with Gasteiger partial charge in [-0.25, -0.2) is 0 Å². The minimum Gasteiger partial charge on any atom is -0.347 e. The van der Waals surface area contributed by atoms with Gasteiger partial charge in [0.25, 0.3) is 0 Å². The van der Waals surface area contributed by atoms with E-state index in [1.54, 1.807) is 0 Å². The molecule has 1 saturated heterocycles. The predicted molar refractivity (Wildman–Crippen MR) is 110 cm³/mol. The topological polar surface area (TPSA) is 62.3 Å². The molecule has 1 atom stereocenters. The number of nitrogens with one attached hydrogen (secondary N) is 1. The van der Waals surface area contributed by atoms with Gasteiger partial charge in [-0.3, -0.25) is 14.6 Å². The molecule has 1 fully saturated rings. The van der Waals surface area contributed by atoms with E-state index in [9.17, 15) is 9.59 Å². The van der Waals surface area contributed by atoms with Gasteiger partial charge in [-0.1, -0.05) is 23.7 Å². The third-order valence-corrected chi connectivity index (χ3v) is 5.25. The summed E-state index contributed by atoms with van der Waals surface area (Å²) in [4.78, 5) is 30.0. The van der Waals surface area contributed by atoms with Crippen LogP contribution in [0.2, 0.25) is 5.02 Å². The number of likely N-dealkylation sites (tertiary alicyclic amines) is 1. The van der Waals surface area contributed by atoms with Gasteiger partial charge >= 0.3 is 0 Å².